The minimum Gasteiger partial charge on any atom is -0.497 e. The lowest BCUT2D eigenvalue weighted by Crippen LogP contribution is -2.38. The van der Waals surface area contributed by atoms with Gasteiger partial charge in [0.15, 0.2) is 6.61 Å². The van der Waals surface area contributed by atoms with Crippen LogP contribution in [0.4, 0.5) is 0 Å². The van der Waals surface area contributed by atoms with Crippen molar-refractivity contribution in [3.63, 3.8) is 0 Å². The van der Waals surface area contributed by atoms with Gasteiger partial charge < -0.3 is 14.8 Å². The van der Waals surface area contributed by atoms with Gasteiger partial charge in [0, 0.05) is 11.6 Å². The number of rotatable bonds is 8. The van der Waals surface area contributed by atoms with Crippen LogP contribution in [0.15, 0.2) is 42.5 Å². The third-order valence-corrected chi connectivity index (χ3v) is 5.50. The predicted molar refractivity (Wildman–Crippen MR) is 118 cm³/mol. The minimum absolute atomic E-state index is 0. The van der Waals surface area contributed by atoms with Gasteiger partial charge in [-0.05, 0) is 74.3 Å². The Morgan fingerprint density at radius 1 is 1.14 bits per heavy atom. The summed E-state index contributed by atoms with van der Waals surface area (Å²) in [5.41, 5.74) is 2.10. The largest absolute Gasteiger partial charge is 0.497 e. The van der Waals surface area contributed by atoms with Crippen LogP contribution in [0.2, 0.25) is 5.02 Å². The lowest BCUT2D eigenvalue weighted by Gasteiger charge is -2.28. The minimum atomic E-state index is -0.134. The van der Waals surface area contributed by atoms with Gasteiger partial charge in [0.2, 0.25) is 0 Å². The van der Waals surface area contributed by atoms with Crippen LogP contribution in [0.5, 0.6) is 11.5 Å². The maximum atomic E-state index is 12.3. The molecular weight excluding hydrogens is 411 g/mol. The Morgan fingerprint density at radius 2 is 1.79 bits per heavy atom. The highest BCUT2D eigenvalue weighted by molar-refractivity contribution is 6.31. The number of nitrogens with zero attached hydrogens (tertiary/aromatic N) is 1. The number of aryl methyl sites for hydroxylation is 1. The third-order valence-electron chi connectivity index (χ3n) is 5.07. The first-order chi connectivity index (χ1) is 13.6. The Labute approximate surface area is 183 Å². The molecular formula is C22H28Cl2N2O3. The summed E-state index contributed by atoms with van der Waals surface area (Å²) in [6.45, 7) is 4.54. The van der Waals surface area contributed by atoms with Crippen LogP contribution in [0, 0.1) is 6.92 Å². The molecule has 1 heterocycles. The fraction of sp³-hybridized carbons (Fsp3) is 0.409. The molecule has 7 heteroatoms. The molecule has 1 fully saturated rings. The molecule has 158 valence electrons. The monoisotopic (exact) mass is 438 g/mol. The van der Waals surface area contributed by atoms with Crippen molar-refractivity contribution in [2.75, 3.05) is 33.4 Å². The smallest absolute Gasteiger partial charge is 0.258 e. The Morgan fingerprint density at radius 3 is 2.41 bits per heavy atom. The van der Waals surface area contributed by atoms with Crippen LogP contribution in [-0.4, -0.2) is 44.2 Å². The Hall–Kier alpha value is -1.95. The zero-order valence-corrected chi connectivity index (χ0v) is 18.4. The Kier molecular flexibility index (Phi) is 9.08. The van der Waals surface area contributed by atoms with Gasteiger partial charge in [-0.3, -0.25) is 9.69 Å². The number of nitrogens with one attached hydrogen (secondary N) is 1. The van der Waals surface area contributed by atoms with E-state index in [4.69, 9.17) is 21.1 Å². The van der Waals surface area contributed by atoms with Crippen LogP contribution in [0.1, 0.15) is 30.0 Å². The molecule has 1 unspecified atom stereocenters. The first-order valence-corrected chi connectivity index (χ1v) is 9.98. The molecule has 0 saturated carbocycles. The summed E-state index contributed by atoms with van der Waals surface area (Å²) in [5, 5.41) is 3.71. The predicted octanol–water partition coefficient (Wildman–Crippen LogP) is 4.41. The highest BCUT2D eigenvalue weighted by Gasteiger charge is 2.24. The Balaban J connectivity index is 0.00000300. The molecule has 2 aromatic carbocycles. The number of amides is 1. The number of halogens is 2. The molecule has 2 aromatic rings. The summed E-state index contributed by atoms with van der Waals surface area (Å²) >= 11 is 6.02. The van der Waals surface area contributed by atoms with Crippen molar-refractivity contribution in [2.24, 2.45) is 0 Å². The second-order valence-corrected chi connectivity index (χ2v) is 7.44. The molecule has 5 nitrogen and oxygen atoms in total. The molecule has 0 aromatic heterocycles. The third kappa shape index (κ3) is 6.53. The van der Waals surface area contributed by atoms with Crippen LogP contribution in [-0.2, 0) is 4.79 Å². The van der Waals surface area contributed by atoms with Gasteiger partial charge in [-0.2, -0.15) is 0 Å². The number of methoxy groups -OCH3 is 1. The summed E-state index contributed by atoms with van der Waals surface area (Å²) in [5.74, 6) is 1.34. The number of hydrogen-bond acceptors (Lipinski definition) is 4. The number of hydrogen-bond donors (Lipinski definition) is 1. The fourth-order valence-corrected chi connectivity index (χ4v) is 3.57. The SMILES string of the molecule is COc1ccc(C(CNC(=O)COc2ccc(Cl)c(C)c2)N2CCCC2)cc1.Cl. The van der Waals surface area contributed by atoms with Gasteiger partial charge in [-0.15, -0.1) is 12.4 Å². The van der Waals surface area contributed by atoms with E-state index in [1.807, 2.05) is 25.1 Å². The molecule has 3 rings (SSSR count). The number of carbonyl (C=O) groups excluding carboxylic acids is 1. The molecule has 0 radical (unpaired) electrons. The molecule has 1 atom stereocenters. The molecule has 1 aliphatic rings. The van der Waals surface area contributed by atoms with Crippen molar-refractivity contribution in [2.45, 2.75) is 25.8 Å². The summed E-state index contributed by atoms with van der Waals surface area (Å²) in [4.78, 5) is 14.7. The maximum Gasteiger partial charge on any atom is 0.258 e. The standard InChI is InChI=1S/C22H27ClN2O3.ClH/c1-16-13-19(9-10-20(16)23)28-15-22(26)24-14-21(25-11-3-4-12-25)17-5-7-18(27-2)8-6-17;/h5-10,13,21H,3-4,11-12,14-15H2,1-2H3,(H,24,26);1H. The zero-order chi connectivity index (χ0) is 19.9. The summed E-state index contributed by atoms with van der Waals surface area (Å²) < 4.78 is 10.9. The molecule has 0 aliphatic carbocycles. The summed E-state index contributed by atoms with van der Waals surface area (Å²) in [6, 6.07) is 13.6. The van der Waals surface area contributed by atoms with Crippen molar-refractivity contribution in [1.29, 1.82) is 0 Å². The molecule has 29 heavy (non-hydrogen) atoms. The normalized spacial score (nSPS) is 14.7. The van der Waals surface area contributed by atoms with Crippen molar-refractivity contribution in [3.8, 4) is 11.5 Å². The average molecular weight is 439 g/mol. The van der Waals surface area contributed by atoms with E-state index in [2.05, 4.69) is 22.3 Å². The van der Waals surface area contributed by atoms with Crippen LogP contribution < -0.4 is 14.8 Å². The van der Waals surface area contributed by atoms with E-state index in [9.17, 15) is 4.79 Å². The second kappa shape index (κ2) is 11.3. The van der Waals surface area contributed by atoms with Crippen molar-refractivity contribution in [3.05, 3.63) is 58.6 Å². The van der Waals surface area contributed by atoms with E-state index in [1.165, 1.54) is 18.4 Å². The fourth-order valence-electron chi connectivity index (χ4n) is 3.45. The number of benzene rings is 2. The summed E-state index contributed by atoms with van der Waals surface area (Å²) in [6.07, 6.45) is 2.39. The van der Waals surface area contributed by atoms with E-state index in [0.717, 1.165) is 24.4 Å². The topological polar surface area (TPSA) is 50.8 Å². The molecule has 1 saturated heterocycles. The molecule has 0 bridgehead atoms. The van der Waals surface area contributed by atoms with Crippen molar-refractivity contribution < 1.29 is 14.3 Å². The average Bonchev–Trinajstić information content (AvgIpc) is 3.24. The first kappa shape index (κ1) is 23.3. The van der Waals surface area contributed by atoms with Gasteiger partial charge in [0.05, 0.1) is 13.2 Å². The number of ether oxygens (including phenoxy) is 2. The van der Waals surface area contributed by atoms with Crippen molar-refractivity contribution >= 4 is 29.9 Å². The van der Waals surface area contributed by atoms with Gasteiger partial charge in [-0.25, -0.2) is 0 Å². The maximum absolute atomic E-state index is 12.3. The van der Waals surface area contributed by atoms with E-state index < -0.39 is 0 Å². The highest BCUT2D eigenvalue weighted by Crippen LogP contribution is 2.26. The molecule has 0 spiro atoms. The zero-order valence-electron chi connectivity index (χ0n) is 16.8. The van der Waals surface area contributed by atoms with E-state index in [-0.39, 0.29) is 31.0 Å². The van der Waals surface area contributed by atoms with E-state index in [1.54, 1.807) is 19.2 Å². The van der Waals surface area contributed by atoms with Crippen LogP contribution in [0.25, 0.3) is 0 Å². The second-order valence-electron chi connectivity index (χ2n) is 7.04. The number of carbonyl (C=O) groups is 1. The lowest BCUT2D eigenvalue weighted by atomic mass is 10.1. The van der Waals surface area contributed by atoms with Gasteiger partial charge in [0.1, 0.15) is 11.5 Å². The molecule has 1 amide bonds. The quantitative estimate of drug-likeness (QED) is 0.662. The van der Waals surface area contributed by atoms with Gasteiger partial charge in [0.25, 0.3) is 5.91 Å². The van der Waals surface area contributed by atoms with Crippen LogP contribution in [0.3, 0.4) is 0 Å². The first-order valence-electron chi connectivity index (χ1n) is 9.60. The summed E-state index contributed by atoms with van der Waals surface area (Å²) in [7, 11) is 1.66. The van der Waals surface area contributed by atoms with Crippen LogP contribution >= 0.6 is 24.0 Å². The lowest BCUT2D eigenvalue weighted by molar-refractivity contribution is -0.123. The number of likely N-dealkylation sites (tertiary alicyclic amines) is 1. The Bertz CT molecular complexity index is 793. The van der Waals surface area contributed by atoms with Gasteiger partial charge in [-0.1, -0.05) is 23.7 Å². The van der Waals surface area contributed by atoms with E-state index in [0.29, 0.717) is 17.3 Å². The van der Waals surface area contributed by atoms with E-state index >= 15 is 0 Å². The van der Waals surface area contributed by atoms with Gasteiger partial charge >= 0.3 is 0 Å². The van der Waals surface area contributed by atoms with Crippen molar-refractivity contribution in [1.82, 2.24) is 10.2 Å². The molecule has 1 N–H and O–H groups in total. The highest BCUT2D eigenvalue weighted by atomic mass is 35.5. The molecule has 1 aliphatic heterocycles.